The molecule has 136 valence electrons. The van der Waals surface area contributed by atoms with Crippen LogP contribution in [0.3, 0.4) is 0 Å². The van der Waals surface area contributed by atoms with Gasteiger partial charge in [0.2, 0.25) is 0 Å². The topological polar surface area (TPSA) is 79.5 Å². The number of nitrogens with one attached hydrogen (secondary N) is 3. The average molecular weight is 345 g/mol. The maximum Gasteiger partial charge on any atom is 0.338 e. The molecule has 6 heteroatoms. The number of amides is 2. The Hall–Kier alpha value is -2.34. The van der Waals surface area contributed by atoms with E-state index in [9.17, 15) is 9.59 Å². The molecule has 25 heavy (non-hydrogen) atoms. The van der Waals surface area contributed by atoms with Crippen molar-refractivity contribution >= 4 is 12.0 Å². The van der Waals surface area contributed by atoms with Crippen molar-refractivity contribution in [2.75, 3.05) is 19.7 Å². The van der Waals surface area contributed by atoms with Crippen molar-refractivity contribution in [1.82, 2.24) is 16.0 Å². The Kier molecular flexibility index (Phi) is 7.01. The second kappa shape index (κ2) is 9.22. The zero-order valence-corrected chi connectivity index (χ0v) is 15.1. The summed E-state index contributed by atoms with van der Waals surface area (Å²) in [6.07, 6.45) is 1.02. The molecule has 0 saturated carbocycles. The fourth-order valence-corrected chi connectivity index (χ4v) is 2.71. The first kappa shape index (κ1) is 19.0. The third kappa shape index (κ3) is 5.32. The normalized spacial score (nSPS) is 17.3. The summed E-state index contributed by atoms with van der Waals surface area (Å²) in [4.78, 5) is 24.6. The van der Waals surface area contributed by atoms with Crippen LogP contribution >= 0.6 is 0 Å². The van der Waals surface area contributed by atoms with Gasteiger partial charge >= 0.3 is 12.0 Å². The molecule has 0 saturated heterocycles. The van der Waals surface area contributed by atoms with E-state index in [0.717, 1.165) is 18.5 Å². The maximum atomic E-state index is 12.5. The van der Waals surface area contributed by atoms with Gasteiger partial charge in [-0.3, -0.25) is 0 Å². The van der Waals surface area contributed by atoms with Gasteiger partial charge in [0.1, 0.15) is 0 Å². The lowest BCUT2D eigenvalue weighted by Crippen LogP contribution is -2.48. The van der Waals surface area contributed by atoms with Crippen LogP contribution in [-0.4, -0.2) is 31.7 Å². The molecule has 0 aromatic heterocycles. The van der Waals surface area contributed by atoms with Gasteiger partial charge in [0.05, 0.1) is 18.2 Å². The molecule has 1 aliphatic rings. The molecule has 0 bridgehead atoms. The first-order valence-electron chi connectivity index (χ1n) is 8.76. The van der Waals surface area contributed by atoms with E-state index in [-0.39, 0.29) is 12.6 Å². The minimum atomic E-state index is -0.518. The molecule has 3 N–H and O–H groups in total. The van der Waals surface area contributed by atoms with Crippen molar-refractivity contribution in [2.45, 2.75) is 33.2 Å². The van der Waals surface area contributed by atoms with Crippen LogP contribution in [0, 0.1) is 5.92 Å². The van der Waals surface area contributed by atoms with Crippen LogP contribution in [0.1, 0.15) is 38.8 Å². The number of esters is 1. The van der Waals surface area contributed by atoms with Crippen LogP contribution in [0.15, 0.2) is 41.6 Å². The lowest BCUT2D eigenvalue weighted by atomic mass is 9.95. The fraction of sp³-hybridized carbons (Fsp3) is 0.474. The summed E-state index contributed by atoms with van der Waals surface area (Å²) < 4.78 is 5.23. The molecule has 1 heterocycles. The van der Waals surface area contributed by atoms with Gasteiger partial charge in [-0.25, -0.2) is 9.59 Å². The van der Waals surface area contributed by atoms with Crippen LogP contribution in [0.25, 0.3) is 0 Å². The van der Waals surface area contributed by atoms with E-state index in [1.54, 1.807) is 6.92 Å². The Bertz CT molecular complexity index is 626. The minimum Gasteiger partial charge on any atom is -0.463 e. The predicted molar refractivity (Wildman–Crippen MR) is 96.8 cm³/mol. The van der Waals surface area contributed by atoms with Crippen LogP contribution in [0.5, 0.6) is 0 Å². The highest BCUT2D eigenvalue weighted by atomic mass is 16.5. The largest absolute Gasteiger partial charge is 0.463 e. The van der Waals surface area contributed by atoms with E-state index in [4.69, 9.17) is 4.74 Å². The SMILES string of the molecule is CCOC(=O)C1=C(CNCCC(C)C)NC(=O)N[C@@H]1c1ccccc1. The zero-order valence-electron chi connectivity index (χ0n) is 15.1. The lowest BCUT2D eigenvalue weighted by molar-refractivity contribution is -0.139. The molecule has 0 radical (unpaired) electrons. The predicted octanol–water partition coefficient (Wildman–Crippen LogP) is 2.49. The Balaban J connectivity index is 2.28. The highest BCUT2D eigenvalue weighted by Crippen LogP contribution is 2.27. The van der Waals surface area contributed by atoms with Gasteiger partial charge in [-0.05, 0) is 31.4 Å². The standard InChI is InChI=1S/C19H27N3O3/c1-4-25-18(23)16-15(12-20-11-10-13(2)3)21-19(24)22-17(16)14-8-6-5-7-9-14/h5-9,13,17,20H,4,10-12H2,1-3H3,(H2,21,22,24)/t17-/m1/s1. The Labute approximate surface area is 149 Å². The average Bonchev–Trinajstić information content (AvgIpc) is 2.59. The number of ether oxygens (including phenoxy) is 1. The summed E-state index contributed by atoms with van der Waals surface area (Å²) in [5.41, 5.74) is 1.87. The monoisotopic (exact) mass is 345 g/mol. The molecule has 0 spiro atoms. The molecule has 1 aromatic rings. The van der Waals surface area contributed by atoms with Gasteiger partial charge in [0.25, 0.3) is 0 Å². The van der Waals surface area contributed by atoms with Crippen molar-refractivity contribution in [3.8, 4) is 0 Å². The number of hydrogen-bond donors (Lipinski definition) is 3. The number of hydrogen-bond acceptors (Lipinski definition) is 4. The molecule has 0 fully saturated rings. The van der Waals surface area contributed by atoms with E-state index in [1.807, 2.05) is 30.3 Å². The van der Waals surface area contributed by atoms with Crippen molar-refractivity contribution in [2.24, 2.45) is 5.92 Å². The van der Waals surface area contributed by atoms with E-state index < -0.39 is 12.0 Å². The fourth-order valence-electron chi connectivity index (χ4n) is 2.71. The molecule has 0 aliphatic carbocycles. The van der Waals surface area contributed by atoms with Crippen LogP contribution in [-0.2, 0) is 9.53 Å². The van der Waals surface area contributed by atoms with Gasteiger partial charge < -0.3 is 20.7 Å². The molecule has 1 aromatic carbocycles. The quantitative estimate of drug-likeness (QED) is 0.500. The van der Waals surface area contributed by atoms with Gasteiger partial charge in [-0.2, -0.15) is 0 Å². The van der Waals surface area contributed by atoms with Crippen LogP contribution in [0.4, 0.5) is 4.79 Å². The summed E-state index contributed by atoms with van der Waals surface area (Å²) in [5.74, 6) is 0.176. The zero-order chi connectivity index (χ0) is 18.2. The van der Waals surface area contributed by atoms with Crippen molar-refractivity contribution in [3.63, 3.8) is 0 Å². The number of urea groups is 1. The minimum absolute atomic E-state index is 0.284. The third-order valence-corrected chi connectivity index (χ3v) is 3.98. The summed E-state index contributed by atoms with van der Waals surface area (Å²) in [6.45, 7) is 7.59. The van der Waals surface area contributed by atoms with Crippen molar-refractivity contribution in [3.05, 3.63) is 47.2 Å². The van der Waals surface area contributed by atoms with Gasteiger partial charge in [0, 0.05) is 12.2 Å². The molecule has 0 unspecified atom stereocenters. The lowest BCUT2D eigenvalue weighted by Gasteiger charge is -2.29. The summed E-state index contributed by atoms with van der Waals surface area (Å²) in [7, 11) is 0. The molecule has 2 rings (SSSR count). The number of carbonyl (C=O) groups is 2. The van der Waals surface area contributed by atoms with E-state index in [1.165, 1.54) is 0 Å². The molecule has 6 nitrogen and oxygen atoms in total. The Morgan fingerprint density at radius 2 is 2.00 bits per heavy atom. The molecule has 1 atom stereocenters. The smallest absolute Gasteiger partial charge is 0.338 e. The molecular formula is C19H27N3O3. The number of rotatable bonds is 8. The summed E-state index contributed by atoms with van der Waals surface area (Å²) in [5, 5.41) is 8.88. The molecule has 2 amide bonds. The number of carbonyl (C=O) groups excluding carboxylic acids is 2. The first-order chi connectivity index (χ1) is 12.0. The second-order valence-electron chi connectivity index (χ2n) is 6.41. The highest BCUT2D eigenvalue weighted by molar-refractivity contribution is 5.95. The van der Waals surface area contributed by atoms with Gasteiger partial charge in [-0.1, -0.05) is 44.2 Å². The number of benzene rings is 1. The van der Waals surface area contributed by atoms with E-state index in [0.29, 0.717) is 23.7 Å². The highest BCUT2D eigenvalue weighted by Gasteiger charge is 2.33. The Morgan fingerprint density at radius 3 is 2.64 bits per heavy atom. The van der Waals surface area contributed by atoms with Gasteiger partial charge in [-0.15, -0.1) is 0 Å². The summed E-state index contributed by atoms with van der Waals surface area (Å²) in [6, 6.07) is 8.60. The molecule has 1 aliphatic heterocycles. The summed E-state index contributed by atoms with van der Waals surface area (Å²) >= 11 is 0. The first-order valence-corrected chi connectivity index (χ1v) is 8.76. The van der Waals surface area contributed by atoms with Crippen LogP contribution in [0.2, 0.25) is 0 Å². The maximum absolute atomic E-state index is 12.5. The van der Waals surface area contributed by atoms with Crippen LogP contribution < -0.4 is 16.0 Å². The van der Waals surface area contributed by atoms with Crippen molar-refractivity contribution < 1.29 is 14.3 Å². The van der Waals surface area contributed by atoms with E-state index >= 15 is 0 Å². The van der Waals surface area contributed by atoms with E-state index in [2.05, 4.69) is 29.8 Å². The molecular weight excluding hydrogens is 318 g/mol. The second-order valence-corrected chi connectivity index (χ2v) is 6.41. The third-order valence-electron chi connectivity index (χ3n) is 3.98. The van der Waals surface area contributed by atoms with Crippen molar-refractivity contribution in [1.29, 1.82) is 0 Å². The Morgan fingerprint density at radius 1 is 1.28 bits per heavy atom. The van der Waals surface area contributed by atoms with Gasteiger partial charge in [0.15, 0.2) is 0 Å².